The highest BCUT2D eigenvalue weighted by molar-refractivity contribution is 8.30. The molecule has 26 heteroatoms. The minimum absolute atomic E-state index is 0.365. The van der Waals surface area contributed by atoms with Crippen molar-refractivity contribution in [3.8, 4) is 0 Å². The van der Waals surface area contributed by atoms with Gasteiger partial charge in [0.1, 0.15) is 0 Å². The molecular formula is C42H39F23O2S. The van der Waals surface area contributed by atoms with Crippen LogP contribution in [-0.2, 0) is 21.8 Å². The lowest BCUT2D eigenvalue weighted by atomic mass is 9.85. The predicted octanol–water partition coefficient (Wildman–Crippen LogP) is 16.6. The largest absolute Gasteiger partial charge is 0.460 e. The van der Waals surface area contributed by atoms with Crippen molar-refractivity contribution < 1.29 is 110 Å². The van der Waals surface area contributed by atoms with Crippen molar-refractivity contribution in [1.82, 2.24) is 0 Å². The molecule has 3 rings (SSSR count). The average Bonchev–Trinajstić information content (AvgIpc) is 3.25. The van der Waals surface area contributed by atoms with E-state index in [1.54, 1.807) is 0 Å². The first kappa shape index (κ1) is 58.2. The lowest BCUT2D eigenvalue weighted by molar-refractivity contribution is -0.477. The fraction of sp³-hybridized carbons (Fsp3) is 0.548. The highest BCUT2D eigenvalue weighted by Crippen LogP contribution is 2.71. The molecule has 0 heterocycles. The van der Waals surface area contributed by atoms with Crippen LogP contribution in [0.1, 0.15) is 76.3 Å². The van der Waals surface area contributed by atoms with Crippen molar-refractivity contribution in [3.63, 3.8) is 0 Å². The normalized spacial score (nSPS) is 14.8. The predicted molar refractivity (Wildman–Crippen MR) is 199 cm³/mol. The maximum atomic E-state index is 15.7. The minimum atomic E-state index is -9.57. The Kier molecular flexibility index (Phi) is 17.1. The van der Waals surface area contributed by atoms with Gasteiger partial charge in [-0.15, -0.1) is 0 Å². The van der Waals surface area contributed by atoms with E-state index in [0.29, 0.717) is 36.8 Å². The number of carbonyl (C=O) groups is 1. The van der Waals surface area contributed by atoms with Crippen LogP contribution < -0.4 is 0 Å². The lowest BCUT2D eigenvalue weighted by Gasteiger charge is -2.45. The third-order valence-electron chi connectivity index (χ3n) is 10.6. The molecule has 0 amide bonds. The molecule has 3 aromatic rings. The van der Waals surface area contributed by atoms with Crippen LogP contribution in [0.15, 0.2) is 93.5 Å². The van der Waals surface area contributed by atoms with Gasteiger partial charge in [-0.1, -0.05) is 94.8 Å². The fourth-order valence-electron chi connectivity index (χ4n) is 6.42. The summed E-state index contributed by atoms with van der Waals surface area (Å²) in [7, 11) is -4.43. The zero-order valence-corrected chi connectivity index (χ0v) is 35.8. The molecule has 68 heavy (non-hydrogen) atoms. The van der Waals surface area contributed by atoms with Crippen molar-refractivity contribution in [2.24, 2.45) is 0 Å². The number of rotatable bonds is 24. The molecule has 2 nitrogen and oxygen atoms in total. The Morgan fingerprint density at radius 3 is 0.985 bits per heavy atom. The summed E-state index contributed by atoms with van der Waals surface area (Å²) < 4.78 is 333. The molecule has 0 radical (unpaired) electrons. The highest BCUT2D eigenvalue weighted by atomic mass is 32.3. The molecule has 0 N–H and O–H groups in total. The summed E-state index contributed by atoms with van der Waals surface area (Å²) >= 11 is 0. The zero-order valence-electron chi connectivity index (χ0n) is 35.0. The van der Waals surface area contributed by atoms with Gasteiger partial charge in [-0.25, -0.2) is 4.79 Å². The third kappa shape index (κ3) is 9.56. The van der Waals surface area contributed by atoms with Crippen LogP contribution in [-0.4, -0.2) is 71.4 Å². The molecule has 0 atom stereocenters. The van der Waals surface area contributed by atoms with Gasteiger partial charge in [0.05, 0.1) is 0 Å². The first-order valence-corrected chi connectivity index (χ1v) is 21.5. The van der Waals surface area contributed by atoms with E-state index in [2.05, 4.69) is 0 Å². The van der Waals surface area contributed by atoms with E-state index in [1.807, 2.05) is 13.8 Å². The molecule has 0 fully saturated rings. The minimum Gasteiger partial charge on any atom is -0.397 e. The highest BCUT2D eigenvalue weighted by Gasteiger charge is 2.99. The van der Waals surface area contributed by atoms with E-state index in [1.165, 1.54) is 30.3 Å². The van der Waals surface area contributed by atoms with Crippen molar-refractivity contribution in [2.45, 2.75) is 158 Å². The molecule has 0 saturated heterocycles. The Morgan fingerprint density at radius 2 is 0.676 bits per heavy atom. The number of hydrogen-bond acceptors (Lipinski definition) is 2. The summed E-state index contributed by atoms with van der Waals surface area (Å²) in [6.45, 7) is 3.81. The van der Waals surface area contributed by atoms with Gasteiger partial charge in [0.15, 0.2) is 0 Å². The second kappa shape index (κ2) is 19.9. The third-order valence-corrected chi connectivity index (χ3v) is 13.8. The van der Waals surface area contributed by atoms with Crippen molar-refractivity contribution >= 4 is 16.3 Å². The van der Waals surface area contributed by atoms with Gasteiger partial charge in [-0.3, -0.25) is 0 Å². The zero-order chi connectivity index (χ0) is 52.4. The molecule has 0 aliphatic heterocycles. The maximum absolute atomic E-state index is 15.7. The smallest absolute Gasteiger partial charge is 0.397 e. The van der Waals surface area contributed by atoms with Crippen LogP contribution >= 0.6 is 10.3 Å². The molecule has 386 valence electrons. The summed E-state index contributed by atoms with van der Waals surface area (Å²) in [6.07, 6.45) is -1.55. The van der Waals surface area contributed by atoms with Crippen molar-refractivity contribution in [2.75, 3.05) is 0 Å². The van der Waals surface area contributed by atoms with E-state index in [9.17, 15) is 79.4 Å². The van der Waals surface area contributed by atoms with E-state index < -0.39 is 96.4 Å². The van der Waals surface area contributed by atoms with Crippen LogP contribution in [0.2, 0.25) is 0 Å². The number of alkyl halides is 23. The molecule has 0 aliphatic rings. The Hall–Kier alpha value is -4.13. The monoisotopic (exact) mass is 1040 g/mol. The summed E-state index contributed by atoms with van der Waals surface area (Å²) in [6, 6.07) is 15.2. The van der Waals surface area contributed by atoms with Gasteiger partial charge in [-0.05, 0) is 83.5 Å². The quantitative estimate of drug-likeness (QED) is 0.0660. The van der Waals surface area contributed by atoms with Gasteiger partial charge >= 0.3 is 71.4 Å². The molecule has 3 aromatic carbocycles. The van der Waals surface area contributed by atoms with Gasteiger partial charge < -0.3 is 4.18 Å². The number of carbonyl (C=O) groups excluding carboxylic acids is 1. The Balaban J connectivity index is 2.26. The molecular weight excluding hydrogens is 1010 g/mol. The molecule has 0 aromatic heterocycles. The SMILES string of the molecule is CCCCCCc1ccc(S(OC(=O)C(F)(F)C(F)(F)C(F)(F)C(F)(F)C(F)(F)C(F)(F)C(F)(F)C(F)(F)C(F)(F)C(F)(F)C(F)(F)F)(c2ccccc2)c2ccc(CCCCCC)cc2)cc1. The molecule has 0 unspecified atom stereocenters. The van der Waals surface area contributed by atoms with Crippen molar-refractivity contribution in [1.29, 1.82) is 0 Å². The Morgan fingerprint density at radius 1 is 0.382 bits per heavy atom. The van der Waals surface area contributed by atoms with Crippen LogP contribution in [0.3, 0.4) is 0 Å². The average molecular weight is 1040 g/mol. The summed E-state index contributed by atoms with van der Waals surface area (Å²) in [4.78, 5) is 12.1. The van der Waals surface area contributed by atoms with Crippen LogP contribution in [0, 0.1) is 0 Å². The summed E-state index contributed by atoms with van der Waals surface area (Å²) in [5.41, 5.74) is 1.05. The number of halogens is 23. The molecule has 0 aliphatic carbocycles. The summed E-state index contributed by atoms with van der Waals surface area (Å²) in [5.74, 6) is -94.5. The van der Waals surface area contributed by atoms with Crippen LogP contribution in [0.25, 0.3) is 0 Å². The molecule has 0 bridgehead atoms. The molecule has 0 spiro atoms. The molecule has 0 saturated carbocycles. The van der Waals surface area contributed by atoms with Gasteiger partial charge in [0, 0.05) is 14.7 Å². The number of hydrogen-bond donors (Lipinski definition) is 0. The maximum Gasteiger partial charge on any atom is 0.460 e. The topological polar surface area (TPSA) is 26.3 Å². The van der Waals surface area contributed by atoms with Gasteiger partial charge in [-0.2, -0.15) is 101 Å². The Bertz CT molecular complexity index is 2070. The lowest BCUT2D eigenvalue weighted by Crippen LogP contribution is -2.78. The fourth-order valence-corrected chi connectivity index (χ4v) is 9.44. The number of unbranched alkanes of at least 4 members (excludes halogenated alkanes) is 6. The summed E-state index contributed by atoms with van der Waals surface area (Å²) in [5, 5.41) is 0. The van der Waals surface area contributed by atoms with Crippen LogP contribution in [0.4, 0.5) is 101 Å². The first-order chi connectivity index (χ1) is 30.8. The number of aryl methyl sites for hydroxylation is 2. The van der Waals surface area contributed by atoms with E-state index in [0.717, 1.165) is 87.1 Å². The van der Waals surface area contributed by atoms with E-state index in [-0.39, 0.29) is 0 Å². The van der Waals surface area contributed by atoms with Crippen LogP contribution in [0.5, 0.6) is 0 Å². The standard InChI is InChI=1S/C42H39F23O2S/c1-3-5-7-10-14-26-18-22-29(23-19-26)68(28-16-12-9-13-17-28,30-24-20-27(21-25-30)15-11-8-6-4-2)67-31(66)32(43,44)33(45,46)34(47,48)35(49,50)36(51,52)37(53,54)38(55,56)39(57,58)40(59,60)41(61,62)42(63,64)65/h9,12-13,16-25H,3-8,10-11,14-15H2,1-2H3. The number of benzene rings is 3. The van der Waals surface area contributed by atoms with E-state index in [4.69, 9.17) is 4.18 Å². The van der Waals surface area contributed by atoms with Gasteiger partial charge in [0.2, 0.25) is 0 Å². The Labute approximate surface area is 374 Å². The van der Waals surface area contributed by atoms with Gasteiger partial charge in [0.25, 0.3) is 0 Å². The van der Waals surface area contributed by atoms with Crippen molar-refractivity contribution in [3.05, 3.63) is 90.0 Å². The first-order valence-electron chi connectivity index (χ1n) is 20.0. The second-order valence-corrected chi connectivity index (χ2v) is 18.1. The second-order valence-electron chi connectivity index (χ2n) is 15.4. The van der Waals surface area contributed by atoms with E-state index >= 15 is 26.3 Å².